The molecule has 1 aromatic carbocycles. The minimum Gasteiger partial charge on any atom is -0.492 e. The molecule has 25 heavy (non-hydrogen) atoms. The number of methoxy groups -OCH3 is 1. The smallest absolute Gasteiger partial charge is 0.232 e. The number of aromatic amines is 1. The maximum Gasteiger partial charge on any atom is 0.232 e. The van der Waals surface area contributed by atoms with Crippen LogP contribution in [0, 0.1) is 5.82 Å². The molecule has 2 N–H and O–H groups in total. The molecule has 0 atom stereocenters. The van der Waals surface area contributed by atoms with E-state index in [1.165, 1.54) is 13.2 Å². The van der Waals surface area contributed by atoms with Gasteiger partial charge in [-0.05, 0) is 36.2 Å². The van der Waals surface area contributed by atoms with Crippen LogP contribution < -0.4 is 9.46 Å². The first-order chi connectivity index (χ1) is 11.9. The van der Waals surface area contributed by atoms with E-state index in [4.69, 9.17) is 4.74 Å². The zero-order chi connectivity index (χ0) is 18.0. The number of halogens is 1. The van der Waals surface area contributed by atoms with Gasteiger partial charge >= 0.3 is 0 Å². The molecule has 2 aromatic heterocycles. The van der Waals surface area contributed by atoms with Crippen LogP contribution in [-0.4, -0.2) is 31.2 Å². The Hall–Kier alpha value is -2.61. The number of anilines is 1. The molecule has 0 aliphatic heterocycles. The van der Waals surface area contributed by atoms with Gasteiger partial charge in [-0.3, -0.25) is 4.72 Å². The van der Waals surface area contributed by atoms with Crippen molar-refractivity contribution in [1.29, 1.82) is 0 Å². The summed E-state index contributed by atoms with van der Waals surface area (Å²) >= 11 is 0. The molecular formula is C17H18FN3O3S. The van der Waals surface area contributed by atoms with Crippen LogP contribution in [0.1, 0.15) is 13.3 Å². The van der Waals surface area contributed by atoms with Gasteiger partial charge in [0.15, 0.2) is 11.6 Å². The second-order valence-electron chi connectivity index (χ2n) is 5.60. The Balaban J connectivity index is 2.08. The standard InChI is InChI=1S/C17H18FN3O3S/c1-3-6-25(22,23)21-15-9-12(8-14(18)16(15)24-2)13-7-11-4-5-19-17(11)20-10-13/h4-5,7-10,21H,3,6H2,1-2H3,(H,19,20). The van der Waals surface area contributed by atoms with Crippen LogP contribution in [0.2, 0.25) is 0 Å². The van der Waals surface area contributed by atoms with Crippen molar-refractivity contribution in [1.82, 2.24) is 9.97 Å². The molecule has 2 heterocycles. The fourth-order valence-electron chi connectivity index (χ4n) is 2.63. The highest BCUT2D eigenvalue weighted by molar-refractivity contribution is 7.92. The molecular weight excluding hydrogens is 345 g/mol. The number of nitrogens with one attached hydrogen (secondary N) is 2. The van der Waals surface area contributed by atoms with Crippen LogP contribution in [0.5, 0.6) is 5.75 Å². The van der Waals surface area contributed by atoms with Crippen molar-refractivity contribution in [2.24, 2.45) is 0 Å². The lowest BCUT2D eigenvalue weighted by Gasteiger charge is -2.14. The summed E-state index contributed by atoms with van der Waals surface area (Å²) in [6.07, 6.45) is 3.82. The molecule has 0 saturated heterocycles. The van der Waals surface area contributed by atoms with Crippen molar-refractivity contribution in [3.05, 3.63) is 42.5 Å². The molecule has 0 bridgehead atoms. The Labute approximate surface area is 145 Å². The van der Waals surface area contributed by atoms with E-state index >= 15 is 0 Å². The quantitative estimate of drug-likeness (QED) is 0.702. The molecule has 0 aliphatic rings. The molecule has 8 heteroatoms. The normalized spacial score (nSPS) is 11.6. The first-order valence-electron chi connectivity index (χ1n) is 7.75. The summed E-state index contributed by atoms with van der Waals surface area (Å²) in [6.45, 7) is 1.76. The Morgan fingerprint density at radius 1 is 1.28 bits per heavy atom. The lowest BCUT2D eigenvalue weighted by Crippen LogP contribution is -2.17. The number of benzene rings is 1. The number of ether oxygens (including phenoxy) is 1. The summed E-state index contributed by atoms with van der Waals surface area (Å²) in [5, 5.41) is 0.877. The third-order valence-electron chi connectivity index (χ3n) is 3.72. The van der Waals surface area contributed by atoms with Crippen molar-refractivity contribution >= 4 is 26.7 Å². The highest BCUT2D eigenvalue weighted by atomic mass is 32.2. The highest BCUT2D eigenvalue weighted by Crippen LogP contribution is 2.34. The predicted molar refractivity (Wildman–Crippen MR) is 95.7 cm³/mol. The van der Waals surface area contributed by atoms with Gasteiger partial charge in [-0.1, -0.05) is 6.92 Å². The molecule has 6 nitrogen and oxygen atoms in total. The van der Waals surface area contributed by atoms with E-state index in [2.05, 4.69) is 14.7 Å². The number of aromatic nitrogens is 2. The van der Waals surface area contributed by atoms with Crippen LogP contribution in [0.15, 0.2) is 36.7 Å². The Morgan fingerprint density at radius 3 is 2.80 bits per heavy atom. The molecule has 0 spiro atoms. The average molecular weight is 363 g/mol. The molecule has 3 rings (SSSR count). The largest absolute Gasteiger partial charge is 0.492 e. The van der Waals surface area contributed by atoms with Crippen LogP contribution >= 0.6 is 0 Å². The van der Waals surface area contributed by atoms with Crippen molar-refractivity contribution in [3.63, 3.8) is 0 Å². The summed E-state index contributed by atoms with van der Waals surface area (Å²) in [5.41, 5.74) is 1.97. The van der Waals surface area contributed by atoms with Gasteiger partial charge in [-0.2, -0.15) is 0 Å². The SMILES string of the molecule is CCCS(=O)(=O)Nc1cc(-c2cnc3[nH]ccc3c2)cc(F)c1OC. The fourth-order valence-corrected chi connectivity index (χ4v) is 3.75. The van der Waals surface area contributed by atoms with Gasteiger partial charge in [0.05, 0.1) is 18.6 Å². The van der Waals surface area contributed by atoms with Gasteiger partial charge in [0.1, 0.15) is 5.65 Å². The molecule has 0 radical (unpaired) electrons. The van der Waals surface area contributed by atoms with Gasteiger partial charge in [0.25, 0.3) is 0 Å². The van der Waals surface area contributed by atoms with E-state index < -0.39 is 15.8 Å². The van der Waals surface area contributed by atoms with Crippen molar-refractivity contribution in [3.8, 4) is 16.9 Å². The summed E-state index contributed by atoms with van der Waals surface area (Å²) < 4.78 is 46.0. The topological polar surface area (TPSA) is 84.1 Å². The number of fused-ring (bicyclic) bond motifs is 1. The second kappa shape index (κ2) is 6.72. The van der Waals surface area contributed by atoms with E-state index in [1.807, 2.05) is 12.1 Å². The summed E-state index contributed by atoms with van der Waals surface area (Å²) in [4.78, 5) is 7.26. The maximum atomic E-state index is 14.4. The number of hydrogen-bond donors (Lipinski definition) is 2. The monoisotopic (exact) mass is 363 g/mol. The third-order valence-corrected chi connectivity index (χ3v) is 5.20. The Kier molecular flexibility index (Phi) is 4.63. The molecule has 132 valence electrons. The van der Waals surface area contributed by atoms with Gasteiger partial charge in [-0.25, -0.2) is 17.8 Å². The van der Waals surface area contributed by atoms with E-state index in [0.717, 1.165) is 11.0 Å². The van der Waals surface area contributed by atoms with E-state index in [-0.39, 0.29) is 17.2 Å². The average Bonchev–Trinajstić information content (AvgIpc) is 3.01. The van der Waals surface area contributed by atoms with Crippen LogP contribution in [0.3, 0.4) is 0 Å². The zero-order valence-corrected chi connectivity index (χ0v) is 14.7. The van der Waals surface area contributed by atoms with Crippen molar-refractivity contribution < 1.29 is 17.5 Å². The first-order valence-corrected chi connectivity index (χ1v) is 9.40. The minimum atomic E-state index is -3.58. The highest BCUT2D eigenvalue weighted by Gasteiger charge is 2.18. The van der Waals surface area contributed by atoms with Crippen LogP contribution in [-0.2, 0) is 10.0 Å². The number of H-pyrrole nitrogens is 1. The summed E-state index contributed by atoms with van der Waals surface area (Å²) in [7, 11) is -2.28. The molecule has 0 aliphatic carbocycles. The van der Waals surface area contributed by atoms with Crippen LogP contribution in [0.25, 0.3) is 22.2 Å². The van der Waals surface area contributed by atoms with Gasteiger partial charge in [0.2, 0.25) is 10.0 Å². The molecule has 0 fully saturated rings. The number of sulfonamides is 1. The van der Waals surface area contributed by atoms with Crippen molar-refractivity contribution in [2.45, 2.75) is 13.3 Å². The maximum absolute atomic E-state index is 14.4. The van der Waals surface area contributed by atoms with E-state index in [0.29, 0.717) is 17.5 Å². The fraction of sp³-hybridized carbons (Fsp3) is 0.235. The third kappa shape index (κ3) is 3.58. The molecule has 3 aromatic rings. The Morgan fingerprint density at radius 2 is 2.08 bits per heavy atom. The van der Waals surface area contributed by atoms with Gasteiger partial charge in [-0.15, -0.1) is 0 Å². The number of rotatable bonds is 6. The number of nitrogens with zero attached hydrogens (tertiary/aromatic N) is 1. The Bertz CT molecular complexity index is 1020. The first kappa shape index (κ1) is 17.2. The van der Waals surface area contributed by atoms with Gasteiger partial charge < -0.3 is 9.72 Å². The minimum absolute atomic E-state index is 0.0567. The van der Waals surface area contributed by atoms with E-state index in [9.17, 15) is 12.8 Å². The summed E-state index contributed by atoms with van der Waals surface area (Å²) in [5.74, 6) is -0.846. The number of hydrogen-bond acceptors (Lipinski definition) is 4. The lowest BCUT2D eigenvalue weighted by atomic mass is 10.1. The van der Waals surface area contributed by atoms with E-state index in [1.54, 1.807) is 25.4 Å². The number of pyridine rings is 1. The van der Waals surface area contributed by atoms with Gasteiger partial charge in [0, 0.05) is 23.3 Å². The summed E-state index contributed by atoms with van der Waals surface area (Å²) in [6, 6.07) is 6.55. The van der Waals surface area contributed by atoms with Crippen LogP contribution in [0.4, 0.5) is 10.1 Å². The second-order valence-corrected chi connectivity index (χ2v) is 7.44. The predicted octanol–water partition coefficient (Wildman–Crippen LogP) is 3.53. The molecule has 0 amide bonds. The zero-order valence-electron chi connectivity index (χ0n) is 13.8. The molecule has 0 unspecified atom stereocenters. The molecule has 0 saturated carbocycles. The lowest BCUT2D eigenvalue weighted by molar-refractivity contribution is 0.389. The van der Waals surface area contributed by atoms with Crippen molar-refractivity contribution in [2.75, 3.05) is 17.6 Å².